The van der Waals surface area contributed by atoms with Crippen LogP contribution in [-0.2, 0) is 62.1 Å². The molecular formula is C83H103ClN10O25. The molecule has 16 rings (SSSR count). The normalized spacial score (nSPS) is 31.3. The number of aryl methyl sites for hydroxylation is 1. The number of carbonyl (C=O) groups is 9. The third-order valence-electron chi connectivity index (χ3n) is 23.7. The van der Waals surface area contributed by atoms with Crippen LogP contribution in [0.25, 0.3) is 11.1 Å². The standard InChI is InChI=1S/C83H103ClN10O25/c1-8-9-16-113-33-59(100)88-58(99)30-50-76(107)90-64-44-26-55(115-53-14-11-40(18-35(53)4)68(101)66(80(111)87-50)93-75(106)49(86-7)17-34(2)3)72(119-82-73(71(104)70(103)57(32-95)117-82)118-60-31-83(6,85)74(105)36(5)114-60)56(27-44)116-54-15-12-41(25-48(54)84)69(102)67-81(112)92-65(79(110)89-62-42-20-37-19-38(22-42)23-43(62)21-37)47-28-45(96)29-52(98)61(47)46-24-39(10-13-51(46)97)63(77(108)94-67)91-78(64)109/h10-15,18,24-29,34,36-38,42-43,49-50,57,60,62-71,73-74,82,86,95-98,101-105H,8-9,16-17,19-23,30-33,85H2,1-7H3,(H,87,111)(H,89,110)(H,90,107)(H,91,109)(H,92,112)(H,93,106)(H,94,108)(H,88,99,100)/t36-,37?,38?,42?,43?,49+,50-,57+,60-,62?,63+,64+,65-,66+,67-,68+,69+,70+,71-,73+,74+,82-,83-/m0/s1. The van der Waals surface area contributed by atoms with Gasteiger partial charge in [0.05, 0.1) is 36.3 Å². The molecular weight excluding hydrogens is 1570 g/mol. The number of halogens is 1. The van der Waals surface area contributed by atoms with Crippen LogP contribution in [0.3, 0.4) is 0 Å². The summed E-state index contributed by atoms with van der Waals surface area (Å²) in [5, 5.41) is 130. The van der Waals surface area contributed by atoms with Crippen molar-refractivity contribution in [2.75, 3.05) is 26.9 Å². The van der Waals surface area contributed by atoms with Crippen molar-refractivity contribution >= 4 is 64.8 Å². The molecule has 18 atom stereocenters. The predicted octanol–water partition coefficient (Wildman–Crippen LogP) is 2.59. The molecule has 5 aromatic carbocycles. The highest BCUT2D eigenvalue weighted by Gasteiger charge is 2.53. The highest BCUT2D eigenvalue weighted by Crippen LogP contribution is 2.55. The quantitative estimate of drug-likeness (QED) is 0.0528. The van der Waals surface area contributed by atoms with Gasteiger partial charge >= 0.3 is 0 Å². The van der Waals surface area contributed by atoms with E-state index in [2.05, 4.69) is 47.9 Å². The van der Waals surface area contributed by atoms with E-state index >= 15 is 28.8 Å². The monoisotopic (exact) mass is 1670 g/mol. The van der Waals surface area contributed by atoms with Crippen molar-refractivity contribution in [2.24, 2.45) is 35.3 Å². The summed E-state index contributed by atoms with van der Waals surface area (Å²) in [7, 11) is 1.49. The SMILES string of the molecule is CCCCOCC(=O)NC(=O)C[C@@H]1NC(=O)[C@H](NC(=O)[C@@H](CC(C)C)NC)[C@H](O)c2ccc(c(C)c2)Oc2cc3cc(c2O[C@@H]2O[C@H](CO)[C@@H](O)[C@H](O)[C@H]2O[C@H]2C[C@](C)(N)[C@H](O)[C@H](C)O2)Oc2ccc(cc2Cl)[C@@H](O)[C@@H]2NC(=O)[C@H](NC(=O)[C@@H]3NC1=O)c1ccc(O)c(c1)-c1c(O)cc(O)cc1[C@@H](C(=O)NC1C3CC4CC(C3)CC1C4)NC2=O. The van der Waals surface area contributed by atoms with Gasteiger partial charge in [-0.1, -0.05) is 57.0 Å². The number of aliphatic hydroxyl groups excluding tert-OH is 6. The molecule has 36 heteroatoms. The molecule has 119 heavy (non-hydrogen) atoms. The summed E-state index contributed by atoms with van der Waals surface area (Å²) in [5.74, 6) is -13.9. The number of hydrogen-bond donors (Lipinski definition) is 19. The van der Waals surface area contributed by atoms with Crippen LogP contribution in [0.5, 0.6) is 46.0 Å². The number of nitrogens with one attached hydrogen (secondary N) is 9. The van der Waals surface area contributed by atoms with Gasteiger partial charge in [0, 0.05) is 41.8 Å². The van der Waals surface area contributed by atoms with Crippen LogP contribution in [0, 0.1) is 36.5 Å². The maximum absolute atomic E-state index is 16.6. The highest BCUT2D eigenvalue weighted by molar-refractivity contribution is 6.32. The molecule has 11 aliphatic rings. The number of nitrogens with two attached hydrogens (primary N) is 1. The molecule has 4 aliphatic carbocycles. The van der Waals surface area contributed by atoms with Crippen LogP contribution < -0.4 is 67.8 Å². The molecule has 6 fully saturated rings. The molecule has 9 amide bonds. The van der Waals surface area contributed by atoms with Crippen LogP contribution in [0.1, 0.15) is 163 Å². The van der Waals surface area contributed by atoms with Gasteiger partial charge in [0.1, 0.15) is 102 Å². The first-order chi connectivity index (χ1) is 56.6. The molecule has 20 N–H and O–H groups in total. The number of aliphatic hydroxyl groups is 6. The van der Waals surface area contributed by atoms with Gasteiger partial charge in [-0.15, -0.1) is 0 Å². The first-order valence-electron chi connectivity index (χ1n) is 40.0. The van der Waals surface area contributed by atoms with E-state index in [0.29, 0.717) is 24.7 Å². The Hall–Kier alpha value is -9.86. The zero-order chi connectivity index (χ0) is 85.5. The van der Waals surface area contributed by atoms with E-state index < -0.39 is 222 Å². The number of unbranched alkanes of at least 4 members (excludes halogenated alkanes) is 1. The van der Waals surface area contributed by atoms with Crippen molar-refractivity contribution in [1.29, 1.82) is 0 Å². The Morgan fingerprint density at radius 3 is 1.99 bits per heavy atom. The molecule has 7 heterocycles. The topological polar surface area (TPSA) is 535 Å². The molecule has 0 aromatic heterocycles. The number of amides is 9. The molecule has 4 saturated carbocycles. The minimum Gasteiger partial charge on any atom is -0.508 e. The molecule has 7 aliphatic heterocycles. The molecule has 0 radical (unpaired) electrons. The van der Waals surface area contributed by atoms with Gasteiger partial charge in [-0.3, -0.25) is 48.5 Å². The Balaban J connectivity index is 1.02. The van der Waals surface area contributed by atoms with E-state index in [0.717, 1.165) is 80.6 Å². The second-order valence-electron chi connectivity index (χ2n) is 33.1. The highest BCUT2D eigenvalue weighted by atomic mass is 35.5. The van der Waals surface area contributed by atoms with E-state index in [1.165, 1.54) is 58.2 Å². The fraction of sp³-hybridized carbons (Fsp3) is 0.530. The van der Waals surface area contributed by atoms with Gasteiger partial charge < -0.3 is 127 Å². The third-order valence-corrected chi connectivity index (χ3v) is 24.0. The van der Waals surface area contributed by atoms with E-state index in [1.807, 2.05) is 20.8 Å². The summed E-state index contributed by atoms with van der Waals surface area (Å²) in [6.45, 7) is 8.62. The summed E-state index contributed by atoms with van der Waals surface area (Å²) in [4.78, 5) is 137. The average molecular weight is 1680 g/mol. The number of phenolic OH excluding ortho intramolecular Hbond substituents is 3. The maximum atomic E-state index is 16.6. The van der Waals surface area contributed by atoms with Crippen molar-refractivity contribution in [3.05, 3.63) is 117 Å². The maximum Gasteiger partial charge on any atom is 0.252 e. The number of rotatable bonds is 19. The predicted molar refractivity (Wildman–Crippen MR) is 420 cm³/mol. The lowest BCUT2D eigenvalue weighted by Crippen LogP contribution is -2.64. The van der Waals surface area contributed by atoms with Gasteiger partial charge in [0.15, 0.2) is 23.9 Å². The van der Waals surface area contributed by atoms with Gasteiger partial charge in [-0.2, -0.15) is 0 Å². The molecule has 642 valence electrons. The number of benzene rings is 5. The summed E-state index contributed by atoms with van der Waals surface area (Å²) in [6, 6.07) is 0.799. The van der Waals surface area contributed by atoms with Crippen molar-refractivity contribution in [3.63, 3.8) is 0 Å². The van der Waals surface area contributed by atoms with Crippen molar-refractivity contribution in [2.45, 2.75) is 221 Å². The van der Waals surface area contributed by atoms with Crippen molar-refractivity contribution in [1.82, 2.24) is 47.9 Å². The fourth-order valence-corrected chi connectivity index (χ4v) is 18.0. The number of hydrogen-bond acceptors (Lipinski definition) is 27. The van der Waals surface area contributed by atoms with Crippen LogP contribution in [0.2, 0.25) is 5.02 Å². The number of ether oxygens (including phenoxy) is 7. The number of fused-ring (bicyclic) bond motifs is 15. The fourth-order valence-electron chi connectivity index (χ4n) is 17.7. The Labute approximate surface area is 689 Å². The second kappa shape index (κ2) is 36.2. The molecule has 5 aromatic rings. The van der Waals surface area contributed by atoms with Gasteiger partial charge in [-0.25, -0.2) is 0 Å². The van der Waals surface area contributed by atoms with Gasteiger partial charge in [0.2, 0.25) is 59.3 Å². The zero-order valence-electron chi connectivity index (χ0n) is 66.5. The van der Waals surface area contributed by atoms with E-state index in [4.69, 9.17) is 50.5 Å². The Kier molecular flexibility index (Phi) is 26.5. The summed E-state index contributed by atoms with van der Waals surface area (Å²) in [5.41, 5.74) is 3.35. The summed E-state index contributed by atoms with van der Waals surface area (Å²) in [6.07, 6.45) is -12.9. The van der Waals surface area contributed by atoms with E-state index in [1.54, 1.807) is 0 Å². The smallest absolute Gasteiger partial charge is 0.252 e. The lowest BCUT2D eigenvalue weighted by molar-refractivity contribution is -0.333. The van der Waals surface area contributed by atoms with E-state index in [-0.39, 0.29) is 98.7 Å². The number of imide groups is 1. The lowest BCUT2D eigenvalue weighted by Gasteiger charge is -2.54. The van der Waals surface area contributed by atoms with Gasteiger partial charge in [0.25, 0.3) is 5.91 Å². The number of likely N-dealkylation sites (N-methyl/N-ethyl adjacent to an activating group) is 1. The Morgan fingerprint density at radius 2 is 1.34 bits per heavy atom. The average Bonchev–Trinajstić information content (AvgIpc) is 0.755. The van der Waals surface area contributed by atoms with Crippen LogP contribution in [0.15, 0.2) is 78.9 Å². The molecule has 2 saturated heterocycles. The van der Waals surface area contributed by atoms with Crippen LogP contribution in [0.4, 0.5) is 0 Å². The van der Waals surface area contributed by atoms with Crippen LogP contribution >= 0.6 is 11.6 Å². The lowest BCUT2D eigenvalue weighted by atomic mass is 9.54. The van der Waals surface area contributed by atoms with Crippen LogP contribution in [-0.4, -0.2) is 211 Å². The minimum atomic E-state index is -2.37. The van der Waals surface area contributed by atoms with Crippen molar-refractivity contribution in [3.8, 4) is 57.1 Å². The Morgan fingerprint density at radius 1 is 0.697 bits per heavy atom. The zero-order valence-corrected chi connectivity index (χ0v) is 67.2. The number of carbonyl (C=O) groups excluding carboxylic acids is 9. The number of phenols is 3. The minimum absolute atomic E-state index is 0.0524. The largest absolute Gasteiger partial charge is 0.508 e. The summed E-state index contributed by atoms with van der Waals surface area (Å²) >= 11 is 7.28. The molecule has 15 bridgehead atoms. The van der Waals surface area contributed by atoms with Gasteiger partial charge in [-0.05, 0) is 190 Å². The molecule has 0 spiro atoms. The Bertz CT molecular complexity index is 4680. The summed E-state index contributed by atoms with van der Waals surface area (Å²) < 4.78 is 44.7. The molecule has 35 nitrogen and oxygen atoms in total. The van der Waals surface area contributed by atoms with E-state index in [9.17, 15) is 60.3 Å². The first-order valence-corrected chi connectivity index (χ1v) is 40.4. The third kappa shape index (κ3) is 18.9. The first kappa shape index (κ1) is 87.0. The molecule has 0 unspecified atom stereocenters. The number of aromatic hydroxyl groups is 3. The van der Waals surface area contributed by atoms with Crippen molar-refractivity contribution < 1.29 is 122 Å². The second-order valence-corrected chi connectivity index (χ2v) is 33.5.